The number of carbonyl (C=O) groups excluding carboxylic acids is 1. The molecule has 15 heavy (non-hydrogen) atoms. The molecule has 1 aliphatic rings. The van der Waals surface area contributed by atoms with Crippen molar-refractivity contribution in [2.45, 2.75) is 38.3 Å². The molecule has 2 unspecified atom stereocenters. The Balaban J connectivity index is 2.60. The van der Waals surface area contributed by atoms with Gasteiger partial charge in [-0.05, 0) is 33.2 Å². The Morgan fingerprint density at radius 1 is 1.53 bits per heavy atom. The molecule has 0 aromatic rings. The van der Waals surface area contributed by atoms with Gasteiger partial charge in [-0.15, -0.1) is 0 Å². The van der Waals surface area contributed by atoms with Gasteiger partial charge in [0.05, 0.1) is 11.6 Å². The average Bonchev–Trinajstić information content (AvgIpc) is 2.13. The van der Waals surface area contributed by atoms with Crippen molar-refractivity contribution in [3.05, 3.63) is 0 Å². The highest BCUT2D eigenvalue weighted by atomic mass is 16.3. The third-order valence-electron chi connectivity index (χ3n) is 3.05. The molecular weight excluding hydrogens is 192 g/mol. The third-order valence-corrected chi connectivity index (χ3v) is 3.05. The van der Waals surface area contributed by atoms with E-state index in [0.29, 0.717) is 6.54 Å². The largest absolute Gasteiger partial charge is 0.389 e. The first-order valence-corrected chi connectivity index (χ1v) is 5.51. The zero-order valence-electron chi connectivity index (χ0n) is 10.2. The summed E-state index contributed by atoms with van der Waals surface area (Å²) in [5, 5.41) is 9.95. The molecule has 0 spiro atoms. The summed E-state index contributed by atoms with van der Waals surface area (Å²) in [5.74, 6) is 0.104. The maximum atomic E-state index is 11.8. The van der Waals surface area contributed by atoms with E-state index in [1.807, 2.05) is 13.8 Å². The molecule has 1 heterocycles. The van der Waals surface area contributed by atoms with Gasteiger partial charge in [0, 0.05) is 20.6 Å². The van der Waals surface area contributed by atoms with Gasteiger partial charge in [0.25, 0.3) is 0 Å². The molecule has 0 saturated carbocycles. The number of hydrogen-bond donors (Lipinski definition) is 1. The molecule has 1 aliphatic heterocycles. The second kappa shape index (κ2) is 4.49. The second-order valence-electron chi connectivity index (χ2n) is 4.98. The van der Waals surface area contributed by atoms with Crippen LogP contribution in [0.25, 0.3) is 0 Å². The lowest BCUT2D eigenvalue weighted by Crippen LogP contribution is -2.53. The van der Waals surface area contributed by atoms with E-state index < -0.39 is 5.60 Å². The van der Waals surface area contributed by atoms with Gasteiger partial charge < -0.3 is 10.0 Å². The predicted molar refractivity (Wildman–Crippen MR) is 59.6 cm³/mol. The zero-order chi connectivity index (χ0) is 11.6. The summed E-state index contributed by atoms with van der Waals surface area (Å²) in [7, 11) is 3.53. The average molecular weight is 214 g/mol. The number of carbonyl (C=O) groups is 1. The number of likely N-dealkylation sites (N-methyl/N-ethyl adjacent to an activating group) is 1. The van der Waals surface area contributed by atoms with Crippen LogP contribution >= 0.6 is 0 Å². The quantitative estimate of drug-likeness (QED) is 0.719. The van der Waals surface area contributed by atoms with Crippen LogP contribution in [0.15, 0.2) is 0 Å². The lowest BCUT2D eigenvalue weighted by Gasteiger charge is -2.40. The van der Waals surface area contributed by atoms with Crippen LogP contribution in [0.2, 0.25) is 0 Å². The third kappa shape index (κ3) is 3.18. The van der Waals surface area contributed by atoms with Crippen molar-refractivity contribution in [2.75, 3.05) is 27.2 Å². The molecule has 0 bridgehead atoms. The standard InChI is InChI=1S/C11H22N2O2/c1-9(10(14)12(3)4)13-7-5-6-11(2,15)8-13/h9,15H,5-8H2,1-4H3. The first kappa shape index (κ1) is 12.5. The van der Waals surface area contributed by atoms with Crippen LogP contribution in [-0.4, -0.2) is 59.6 Å². The van der Waals surface area contributed by atoms with Crippen molar-refractivity contribution in [1.82, 2.24) is 9.80 Å². The van der Waals surface area contributed by atoms with Crippen LogP contribution < -0.4 is 0 Å². The molecule has 1 fully saturated rings. The lowest BCUT2D eigenvalue weighted by atomic mass is 9.94. The summed E-state index contributed by atoms with van der Waals surface area (Å²) >= 11 is 0. The van der Waals surface area contributed by atoms with Gasteiger partial charge in [-0.25, -0.2) is 0 Å². The molecule has 0 aliphatic carbocycles. The van der Waals surface area contributed by atoms with Crippen LogP contribution in [0.1, 0.15) is 26.7 Å². The van der Waals surface area contributed by atoms with Gasteiger partial charge in [-0.3, -0.25) is 9.69 Å². The van der Waals surface area contributed by atoms with E-state index in [1.54, 1.807) is 19.0 Å². The minimum absolute atomic E-state index is 0.104. The van der Waals surface area contributed by atoms with E-state index in [4.69, 9.17) is 0 Å². The predicted octanol–water partition coefficient (Wildman–Crippen LogP) is 0.310. The Morgan fingerprint density at radius 3 is 2.60 bits per heavy atom. The second-order valence-corrected chi connectivity index (χ2v) is 4.98. The van der Waals surface area contributed by atoms with Gasteiger partial charge >= 0.3 is 0 Å². The number of β-amino-alcohol motifs (C(OH)–C–C–N with tert-alkyl or cyclic N) is 1. The molecule has 0 aromatic carbocycles. The van der Waals surface area contributed by atoms with Crippen LogP contribution in [0, 0.1) is 0 Å². The smallest absolute Gasteiger partial charge is 0.239 e. The number of amides is 1. The molecule has 1 rings (SSSR count). The number of aliphatic hydroxyl groups is 1. The van der Waals surface area contributed by atoms with Crippen molar-refractivity contribution in [2.24, 2.45) is 0 Å². The van der Waals surface area contributed by atoms with Crippen molar-refractivity contribution in [3.8, 4) is 0 Å². The first-order valence-electron chi connectivity index (χ1n) is 5.51. The normalized spacial score (nSPS) is 29.9. The molecule has 4 heteroatoms. The summed E-state index contributed by atoms with van der Waals surface area (Å²) in [4.78, 5) is 15.4. The van der Waals surface area contributed by atoms with Crippen LogP contribution in [0.4, 0.5) is 0 Å². The highest BCUT2D eigenvalue weighted by Crippen LogP contribution is 2.22. The molecule has 2 atom stereocenters. The lowest BCUT2D eigenvalue weighted by molar-refractivity contribution is -0.136. The molecule has 88 valence electrons. The van der Waals surface area contributed by atoms with Gasteiger partial charge in [0.1, 0.15) is 0 Å². The maximum Gasteiger partial charge on any atom is 0.239 e. The van der Waals surface area contributed by atoms with Gasteiger partial charge in [0.2, 0.25) is 5.91 Å². The topological polar surface area (TPSA) is 43.8 Å². The minimum Gasteiger partial charge on any atom is -0.389 e. The Kier molecular flexibility index (Phi) is 3.73. The summed E-state index contributed by atoms with van der Waals surface area (Å²) < 4.78 is 0. The molecule has 0 radical (unpaired) electrons. The van der Waals surface area contributed by atoms with E-state index in [2.05, 4.69) is 4.90 Å². The first-order chi connectivity index (χ1) is 6.83. The van der Waals surface area contributed by atoms with Crippen LogP contribution in [0.3, 0.4) is 0 Å². The van der Waals surface area contributed by atoms with E-state index in [9.17, 15) is 9.90 Å². The fourth-order valence-electron chi connectivity index (χ4n) is 2.12. The SMILES string of the molecule is CC(C(=O)N(C)C)N1CCCC(C)(O)C1. The number of rotatable bonds is 2. The minimum atomic E-state index is -0.640. The zero-order valence-corrected chi connectivity index (χ0v) is 10.2. The Bertz CT molecular complexity index is 239. The number of nitrogens with zero attached hydrogens (tertiary/aromatic N) is 2. The Morgan fingerprint density at radius 2 is 2.13 bits per heavy atom. The maximum absolute atomic E-state index is 11.8. The number of hydrogen-bond acceptors (Lipinski definition) is 3. The van der Waals surface area contributed by atoms with Crippen molar-refractivity contribution in [1.29, 1.82) is 0 Å². The fraction of sp³-hybridized carbons (Fsp3) is 0.909. The van der Waals surface area contributed by atoms with Crippen molar-refractivity contribution >= 4 is 5.91 Å². The van der Waals surface area contributed by atoms with E-state index in [1.165, 1.54) is 0 Å². The summed E-state index contributed by atoms with van der Waals surface area (Å²) in [5.41, 5.74) is -0.640. The van der Waals surface area contributed by atoms with E-state index in [-0.39, 0.29) is 11.9 Å². The highest BCUT2D eigenvalue weighted by molar-refractivity contribution is 5.80. The molecular formula is C11H22N2O2. The Labute approximate surface area is 91.9 Å². The monoisotopic (exact) mass is 214 g/mol. The van der Waals surface area contributed by atoms with Crippen LogP contribution in [-0.2, 0) is 4.79 Å². The molecule has 1 N–H and O–H groups in total. The molecule has 1 amide bonds. The van der Waals surface area contributed by atoms with Crippen molar-refractivity contribution < 1.29 is 9.90 Å². The Hall–Kier alpha value is -0.610. The highest BCUT2D eigenvalue weighted by Gasteiger charge is 2.33. The van der Waals surface area contributed by atoms with Gasteiger partial charge in [-0.1, -0.05) is 0 Å². The fourth-order valence-corrected chi connectivity index (χ4v) is 2.12. The summed E-state index contributed by atoms with van der Waals surface area (Å²) in [6.45, 7) is 5.24. The van der Waals surface area contributed by atoms with Gasteiger partial charge in [0.15, 0.2) is 0 Å². The summed E-state index contributed by atoms with van der Waals surface area (Å²) in [6.07, 6.45) is 1.78. The van der Waals surface area contributed by atoms with Gasteiger partial charge in [-0.2, -0.15) is 0 Å². The molecule has 4 nitrogen and oxygen atoms in total. The number of likely N-dealkylation sites (tertiary alicyclic amines) is 1. The number of piperidine rings is 1. The molecule has 1 saturated heterocycles. The summed E-state index contributed by atoms with van der Waals surface area (Å²) in [6, 6.07) is -0.133. The molecule has 0 aromatic heterocycles. The van der Waals surface area contributed by atoms with E-state index >= 15 is 0 Å². The van der Waals surface area contributed by atoms with E-state index in [0.717, 1.165) is 19.4 Å². The van der Waals surface area contributed by atoms with Crippen LogP contribution in [0.5, 0.6) is 0 Å². The van der Waals surface area contributed by atoms with Crippen molar-refractivity contribution in [3.63, 3.8) is 0 Å².